The van der Waals surface area contributed by atoms with E-state index in [2.05, 4.69) is 4.72 Å². The number of benzene rings is 1. The Morgan fingerprint density at radius 3 is 2.53 bits per heavy atom. The number of halogens is 1. The van der Waals surface area contributed by atoms with Crippen LogP contribution in [-0.2, 0) is 24.3 Å². The van der Waals surface area contributed by atoms with Crippen LogP contribution in [0.25, 0.3) is 0 Å². The van der Waals surface area contributed by atoms with Gasteiger partial charge >= 0.3 is 0 Å². The van der Waals surface area contributed by atoms with Gasteiger partial charge in [-0.05, 0) is 37.8 Å². The highest BCUT2D eigenvalue weighted by Crippen LogP contribution is 2.27. The third-order valence-corrected chi connectivity index (χ3v) is 7.28. The molecule has 3 aliphatic heterocycles. The Morgan fingerprint density at radius 1 is 1.19 bits per heavy atom. The third kappa shape index (κ3) is 5.59. The van der Waals surface area contributed by atoms with Gasteiger partial charge in [-0.25, -0.2) is 17.5 Å². The molecule has 8 nitrogen and oxygen atoms in total. The van der Waals surface area contributed by atoms with Crippen molar-refractivity contribution in [3.63, 3.8) is 0 Å². The maximum absolute atomic E-state index is 14.1. The van der Waals surface area contributed by atoms with Gasteiger partial charge in [0.15, 0.2) is 0 Å². The molecule has 4 rings (SSSR count). The van der Waals surface area contributed by atoms with E-state index in [4.69, 9.17) is 9.47 Å². The van der Waals surface area contributed by atoms with Crippen LogP contribution in [0, 0.1) is 11.7 Å². The van der Waals surface area contributed by atoms with Gasteiger partial charge < -0.3 is 19.3 Å². The molecule has 0 aromatic heterocycles. The molecule has 1 amide bonds. The lowest BCUT2D eigenvalue weighted by Crippen LogP contribution is -2.61. The lowest BCUT2D eigenvalue weighted by molar-refractivity contribution is -0.156. The number of hydrogen-bond acceptors (Lipinski definition) is 6. The number of para-hydroxylation sites is 1. The number of sulfonamides is 1. The lowest BCUT2D eigenvalue weighted by atomic mass is 9.94. The molecular weight excluding hydrogens is 437 g/mol. The van der Waals surface area contributed by atoms with Gasteiger partial charge in [0.2, 0.25) is 15.9 Å². The highest BCUT2D eigenvalue weighted by molar-refractivity contribution is 7.88. The van der Waals surface area contributed by atoms with Crippen molar-refractivity contribution < 1.29 is 27.1 Å². The molecule has 1 N–H and O–H groups in total. The van der Waals surface area contributed by atoms with E-state index < -0.39 is 10.0 Å². The van der Waals surface area contributed by atoms with Crippen molar-refractivity contribution in [2.24, 2.45) is 5.92 Å². The average Bonchev–Trinajstić information content (AvgIpc) is 2.71. The van der Waals surface area contributed by atoms with Crippen LogP contribution in [0.5, 0.6) is 0 Å². The molecule has 178 valence electrons. The van der Waals surface area contributed by atoms with Gasteiger partial charge in [-0.1, -0.05) is 12.1 Å². The minimum absolute atomic E-state index is 0.0113. The summed E-state index contributed by atoms with van der Waals surface area (Å²) in [6.07, 6.45) is 4.03. The second-order valence-corrected chi connectivity index (χ2v) is 10.7. The minimum atomic E-state index is -3.41. The zero-order valence-corrected chi connectivity index (χ0v) is 19.2. The maximum atomic E-state index is 14.1. The van der Waals surface area contributed by atoms with E-state index in [1.165, 1.54) is 6.07 Å². The summed E-state index contributed by atoms with van der Waals surface area (Å²) in [6.45, 7) is 3.07. The molecule has 0 spiro atoms. The van der Waals surface area contributed by atoms with E-state index in [0.29, 0.717) is 45.0 Å². The predicted molar refractivity (Wildman–Crippen MR) is 118 cm³/mol. The molecule has 1 aromatic rings. The summed E-state index contributed by atoms with van der Waals surface area (Å²) in [6, 6.07) is 6.04. The van der Waals surface area contributed by atoms with Crippen LogP contribution in [0.4, 0.5) is 10.1 Å². The van der Waals surface area contributed by atoms with Gasteiger partial charge in [-0.15, -0.1) is 0 Å². The summed E-state index contributed by atoms with van der Waals surface area (Å²) in [5, 5.41) is 0. The minimum Gasteiger partial charge on any atom is -0.380 e. The molecule has 3 heterocycles. The fourth-order valence-electron chi connectivity index (χ4n) is 4.77. The molecule has 2 atom stereocenters. The zero-order chi connectivity index (χ0) is 22.7. The molecule has 10 heteroatoms. The lowest BCUT2D eigenvalue weighted by Gasteiger charge is -2.44. The maximum Gasteiger partial charge on any atom is 0.230 e. The SMILES string of the molecule is CS(=O)(=O)N[C@H]1CCCN(C(=O)C2COC2)[C@H]1COC1CCN(c2ccccc2F)CC1. The van der Waals surface area contributed by atoms with Crippen molar-refractivity contribution in [3.8, 4) is 0 Å². The first-order chi connectivity index (χ1) is 15.3. The van der Waals surface area contributed by atoms with Gasteiger partial charge in [-0.2, -0.15) is 0 Å². The zero-order valence-electron chi connectivity index (χ0n) is 18.4. The third-order valence-electron chi connectivity index (χ3n) is 6.55. The number of anilines is 1. The number of carbonyl (C=O) groups is 1. The molecule has 32 heavy (non-hydrogen) atoms. The number of ether oxygens (including phenoxy) is 2. The number of hydrogen-bond donors (Lipinski definition) is 1. The van der Waals surface area contributed by atoms with Gasteiger partial charge in [0.05, 0.1) is 49.8 Å². The Balaban J connectivity index is 1.38. The van der Waals surface area contributed by atoms with Crippen molar-refractivity contribution in [2.45, 2.75) is 43.9 Å². The van der Waals surface area contributed by atoms with Crippen LogP contribution >= 0.6 is 0 Å². The fourth-order valence-corrected chi connectivity index (χ4v) is 5.59. The van der Waals surface area contributed by atoms with Crippen molar-refractivity contribution in [2.75, 3.05) is 50.6 Å². The number of nitrogens with zero attached hydrogens (tertiary/aromatic N) is 2. The van der Waals surface area contributed by atoms with Gasteiger partial charge in [-0.3, -0.25) is 4.79 Å². The van der Waals surface area contributed by atoms with E-state index in [0.717, 1.165) is 25.5 Å². The summed E-state index contributed by atoms with van der Waals surface area (Å²) in [4.78, 5) is 16.8. The Kier molecular flexibility index (Phi) is 7.34. The van der Waals surface area contributed by atoms with Crippen LogP contribution in [0.1, 0.15) is 25.7 Å². The fraction of sp³-hybridized carbons (Fsp3) is 0.682. The number of rotatable bonds is 7. The first-order valence-electron chi connectivity index (χ1n) is 11.3. The van der Waals surface area contributed by atoms with E-state index in [9.17, 15) is 17.6 Å². The van der Waals surface area contributed by atoms with Crippen LogP contribution in [0.15, 0.2) is 24.3 Å². The van der Waals surface area contributed by atoms with Gasteiger partial charge in [0.25, 0.3) is 0 Å². The predicted octanol–water partition coefficient (Wildman–Crippen LogP) is 1.37. The van der Waals surface area contributed by atoms with Crippen LogP contribution in [-0.4, -0.2) is 83.1 Å². The van der Waals surface area contributed by atoms with Crippen molar-refractivity contribution in [1.82, 2.24) is 9.62 Å². The molecule has 0 bridgehead atoms. The van der Waals surface area contributed by atoms with Crippen molar-refractivity contribution in [3.05, 3.63) is 30.1 Å². The molecule has 0 saturated carbocycles. The van der Waals surface area contributed by atoms with Gasteiger partial charge in [0, 0.05) is 25.7 Å². The summed E-state index contributed by atoms with van der Waals surface area (Å²) in [5.74, 6) is -0.365. The number of likely N-dealkylation sites (tertiary alicyclic amines) is 1. The number of carbonyl (C=O) groups excluding carboxylic acids is 1. The van der Waals surface area contributed by atoms with E-state index in [1.54, 1.807) is 17.0 Å². The van der Waals surface area contributed by atoms with Gasteiger partial charge in [0.1, 0.15) is 5.82 Å². The second kappa shape index (κ2) is 10.0. The summed E-state index contributed by atoms with van der Waals surface area (Å²) >= 11 is 0. The molecule has 0 unspecified atom stereocenters. The normalized spacial score (nSPS) is 25.6. The monoisotopic (exact) mass is 469 g/mol. The molecular formula is C22H32FN3O5S. The average molecular weight is 470 g/mol. The smallest absolute Gasteiger partial charge is 0.230 e. The molecule has 1 aromatic carbocycles. The van der Waals surface area contributed by atoms with Crippen molar-refractivity contribution >= 4 is 21.6 Å². The van der Waals surface area contributed by atoms with E-state index in [-0.39, 0.29) is 42.4 Å². The Morgan fingerprint density at radius 2 is 1.91 bits per heavy atom. The first kappa shape index (κ1) is 23.4. The van der Waals surface area contributed by atoms with Crippen LogP contribution in [0.2, 0.25) is 0 Å². The quantitative estimate of drug-likeness (QED) is 0.649. The molecule has 0 aliphatic carbocycles. The van der Waals surface area contributed by atoms with Crippen LogP contribution < -0.4 is 9.62 Å². The topological polar surface area (TPSA) is 88.2 Å². The number of piperidine rings is 2. The highest BCUT2D eigenvalue weighted by Gasteiger charge is 2.40. The summed E-state index contributed by atoms with van der Waals surface area (Å²) < 4.78 is 52.0. The van der Waals surface area contributed by atoms with Crippen molar-refractivity contribution in [1.29, 1.82) is 0 Å². The Labute approximate surface area is 189 Å². The Bertz CT molecular complexity index is 903. The first-order valence-corrected chi connectivity index (χ1v) is 13.2. The summed E-state index contributed by atoms with van der Waals surface area (Å²) in [5.41, 5.74) is 0.607. The highest BCUT2D eigenvalue weighted by atomic mass is 32.2. The molecule has 3 aliphatic rings. The molecule has 3 saturated heterocycles. The van der Waals surface area contributed by atoms with E-state index >= 15 is 0 Å². The van der Waals surface area contributed by atoms with E-state index in [1.807, 2.05) is 11.0 Å². The Hall–Kier alpha value is -1.75. The second-order valence-electron chi connectivity index (χ2n) is 8.94. The standard InChI is InChI=1S/C22H32FN3O5S/c1-32(28,29)24-19-6-4-10-26(22(27)16-13-30-14-16)21(19)15-31-17-8-11-25(12-9-17)20-7-3-2-5-18(20)23/h2-3,5,7,16-17,19,21,24H,4,6,8-15H2,1H3/t19-,21-/m0/s1. The van der Waals surface area contributed by atoms with Crippen LogP contribution in [0.3, 0.4) is 0 Å². The molecule has 3 fully saturated rings. The largest absolute Gasteiger partial charge is 0.380 e. The number of amides is 1. The number of nitrogens with one attached hydrogen (secondary N) is 1. The molecule has 0 radical (unpaired) electrons. The summed E-state index contributed by atoms with van der Waals surface area (Å²) in [7, 11) is -3.41.